The van der Waals surface area contributed by atoms with Crippen molar-refractivity contribution in [2.45, 2.75) is 6.92 Å². The number of nitrogen functional groups attached to an aromatic ring is 1. The Hall–Kier alpha value is -2.82. The maximum absolute atomic E-state index is 5.97. The van der Waals surface area contributed by atoms with E-state index in [1.165, 1.54) is 0 Å². The smallest absolute Gasteiger partial charge is 0.230 e. The number of anilines is 1. The SMILES string of the molecule is COc1ccccc1-c1c(-c2ccnc(C)c2)noc1N. The van der Waals surface area contributed by atoms with Crippen LogP contribution in [0.5, 0.6) is 5.75 Å². The van der Waals surface area contributed by atoms with Gasteiger partial charge in [-0.1, -0.05) is 23.4 Å². The van der Waals surface area contributed by atoms with Crippen LogP contribution in [-0.2, 0) is 0 Å². The van der Waals surface area contributed by atoms with E-state index in [1.807, 2.05) is 43.3 Å². The van der Waals surface area contributed by atoms with Crippen LogP contribution in [0.25, 0.3) is 22.4 Å². The van der Waals surface area contributed by atoms with E-state index in [1.54, 1.807) is 13.3 Å². The standard InChI is InChI=1S/C16H15N3O2/c1-10-9-11(7-8-18-10)15-14(16(17)21-19-15)12-5-3-4-6-13(12)20-2/h3-9H,17H2,1-2H3. The van der Waals surface area contributed by atoms with Gasteiger partial charge >= 0.3 is 0 Å². The minimum absolute atomic E-state index is 0.268. The van der Waals surface area contributed by atoms with Crippen molar-refractivity contribution < 1.29 is 9.26 Å². The maximum atomic E-state index is 5.97. The van der Waals surface area contributed by atoms with Crippen molar-refractivity contribution in [2.24, 2.45) is 0 Å². The third kappa shape index (κ3) is 2.33. The van der Waals surface area contributed by atoms with Crippen molar-refractivity contribution in [3.63, 3.8) is 0 Å². The lowest BCUT2D eigenvalue weighted by Gasteiger charge is -2.08. The Kier molecular flexibility index (Phi) is 3.31. The summed E-state index contributed by atoms with van der Waals surface area (Å²) >= 11 is 0. The third-order valence-corrected chi connectivity index (χ3v) is 3.26. The Labute approximate surface area is 122 Å². The number of methoxy groups -OCH3 is 1. The van der Waals surface area contributed by atoms with Crippen molar-refractivity contribution >= 4 is 5.88 Å². The Balaban J connectivity index is 2.22. The van der Waals surface area contributed by atoms with Crippen LogP contribution < -0.4 is 10.5 Å². The molecular formula is C16H15N3O2. The molecule has 0 radical (unpaired) electrons. The van der Waals surface area contributed by atoms with E-state index in [0.717, 1.165) is 28.1 Å². The molecule has 106 valence electrons. The summed E-state index contributed by atoms with van der Waals surface area (Å²) in [4.78, 5) is 4.19. The van der Waals surface area contributed by atoms with Gasteiger partial charge in [0.25, 0.3) is 0 Å². The van der Waals surface area contributed by atoms with Gasteiger partial charge in [-0.25, -0.2) is 0 Å². The van der Waals surface area contributed by atoms with Gasteiger partial charge in [0.15, 0.2) is 0 Å². The van der Waals surface area contributed by atoms with Gasteiger partial charge in [0, 0.05) is 23.0 Å². The number of nitrogens with zero attached hydrogens (tertiary/aromatic N) is 2. The lowest BCUT2D eigenvalue weighted by molar-refractivity contribution is 0.416. The van der Waals surface area contributed by atoms with Crippen LogP contribution in [0.2, 0.25) is 0 Å². The molecule has 5 nitrogen and oxygen atoms in total. The Morgan fingerprint density at radius 1 is 1.19 bits per heavy atom. The molecule has 0 amide bonds. The van der Waals surface area contributed by atoms with Crippen LogP contribution in [-0.4, -0.2) is 17.3 Å². The number of benzene rings is 1. The number of nitrogens with two attached hydrogens (primary N) is 1. The van der Waals surface area contributed by atoms with Crippen molar-refractivity contribution in [1.29, 1.82) is 0 Å². The van der Waals surface area contributed by atoms with E-state index in [2.05, 4.69) is 10.1 Å². The van der Waals surface area contributed by atoms with Gasteiger partial charge in [-0.2, -0.15) is 0 Å². The first-order valence-corrected chi connectivity index (χ1v) is 6.52. The second kappa shape index (κ2) is 5.28. The van der Waals surface area contributed by atoms with E-state index in [0.29, 0.717) is 5.69 Å². The molecule has 0 spiro atoms. The highest BCUT2D eigenvalue weighted by Gasteiger charge is 2.20. The number of aryl methyl sites for hydroxylation is 1. The summed E-state index contributed by atoms with van der Waals surface area (Å²) in [6, 6.07) is 11.5. The molecule has 0 aliphatic heterocycles. The molecule has 0 unspecified atom stereocenters. The first kappa shape index (κ1) is 13.2. The van der Waals surface area contributed by atoms with Gasteiger partial charge in [-0.15, -0.1) is 0 Å². The number of hydrogen-bond acceptors (Lipinski definition) is 5. The average Bonchev–Trinajstić information content (AvgIpc) is 2.89. The van der Waals surface area contributed by atoms with Crippen LogP contribution >= 0.6 is 0 Å². The topological polar surface area (TPSA) is 74.2 Å². The molecular weight excluding hydrogens is 266 g/mol. The summed E-state index contributed by atoms with van der Waals surface area (Å²) in [5.74, 6) is 0.989. The molecule has 0 bridgehead atoms. The Morgan fingerprint density at radius 2 is 2.00 bits per heavy atom. The monoisotopic (exact) mass is 281 g/mol. The first-order chi connectivity index (χ1) is 10.2. The molecule has 5 heteroatoms. The summed E-state index contributed by atoms with van der Waals surface area (Å²) < 4.78 is 10.6. The van der Waals surface area contributed by atoms with E-state index < -0.39 is 0 Å². The highest BCUT2D eigenvalue weighted by Crippen LogP contribution is 2.40. The molecule has 3 rings (SSSR count). The lowest BCUT2D eigenvalue weighted by Crippen LogP contribution is -1.92. The van der Waals surface area contributed by atoms with Crippen molar-refractivity contribution in [3.05, 3.63) is 48.3 Å². The molecule has 2 N–H and O–H groups in total. The molecule has 0 aliphatic carbocycles. The summed E-state index contributed by atoms with van der Waals surface area (Å²) in [6.07, 6.45) is 1.74. The van der Waals surface area contributed by atoms with Gasteiger partial charge < -0.3 is 15.0 Å². The number of para-hydroxylation sites is 1. The minimum atomic E-state index is 0.268. The Bertz CT molecular complexity index is 781. The molecule has 2 aromatic heterocycles. The number of rotatable bonds is 3. The normalized spacial score (nSPS) is 10.6. The Morgan fingerprint density at radius 3 is 2.76 bits per heavy atom. The molecule has 1 aromatic carbocycles. The predicted octanol–water partition coefficient (Wildman–Crippen LogP) is 3.30. The van der Waals surface area contributed by atoms with E-state index >= 15 is 0 Å². The molecule has 0 fully saturated rings. The van der Waals surface area contributed by atoms with Crippen LogP contribution in [0.4, 0.5) is 5.88 Å². The zero-order valence-corrected chi connectivity index (χ0v) is 11.8. The average molecular weight is 281 g/mol. The number of pyridine rings is 1. The second-order valence-corrected chi connectivity index (χ2v) is 4.66. The maximum Gasteiger partial charge on any atom is 0.230 e. The van der Waals surface area contributed by atoms with Crippen LogP contribution in [0.3, 0.4) is 0 Å². The predicted molar refractivity (Wildman–Crippen MR) is 80.9 cm³/mol. The van der Waals surface area contributed by atoms with Crippen LogP contribution in [0.1, 0.15) is 5.69 Å². The zero-order valence-electron chi connectivity index (χ0n) is 11.8. The summed E-state index contributed by atoms with van der Waals surface area (Å²) in [5, 5.41) is 4.10. The highest BCUT2D eigenvalue weighted by atomic mass is 16.5. The fourth-order valence-electron chi connectivity index (χ4n) is 2.30. The fourth-order valence-corrected chi connectivity index (χ4v) is 2.30. The van der Waals surface area contributed by atoms with E-state index in [-0.39, 0.29) is 5.88 Å². The first-order valence-electron chi connectivity index (χ1n) is 6.52. The fraction of sp³-hybridized carbons (Fsp3) is 0.125. The molecule has 0 saturated heterocycles. The third-order valence-electron chi connectivity index (χ3n) is 3.26. The molecule has 2 heterocycles. The summed E-state index contributed by atoms with van der Waals surface area (Å²) in [7, 11) is 1.62. The number of aromatic nitrogens is 2. The van der Waals surface area contributed by atoms with Crippen LogP contribution in [0, 0.1) is 6.92 Å². The molecule has 3 aromatic rings. The van der Waals surface area contributed by atoms with Gasteiger partial charge in [0.05, 0.1) is 12.7 Å². The number of ether oxygens (including phenoxy) is 1. The molecule has 0 aliphatic rings. The quantitative estimate of drug-likeness (QED) is 0.797. The number of hydrogen-bond donors (Lipinski definition) is 1. The highest BCUT2D eigenvalue weighted by molar-refractivity contribution is 5.89. The van der Waals surface area contributed by atoms with Gasteiger partial charge in [0.1, 0.15) is 11.4 Å². The van der Waals surface area contributed by atoms with Crippen LogP contribution in [0.15, 0.2) is 47.1 Å². The molecule has 0 saturated carbocycles. The summed E-state index contributed by atoms with van der Waals surface area (Å²) in [6.45, 7) is 1.93. The van der Waals surface area contributed by atoms with Gasteiger partial charge in [-0.05, 0) is 25.1 Å². The van der Waals surface area contributed by atoms with Gasteiger partial charge in [-0.3, -0.25) is 4.98 Å². The second-order valence-electron chi connectivity index (χ2n) is 4.66. The lowest BCUT2D eigenvalue weighted by atomic mass is 10.0. The largest absolute Gasteiger partial charge is 0.496 e. The van der Waals surface area contributed by atoms with Crippen molar-refractivity contribution in [1.82, 2.24) is 10.1 Å². The van der Waals surface area contributed by atoms with Crippen molar-refractivity contribution in [2.75, 3.05) is 12.8 Å². The van der Waals surface area contributed by atoms with Crippen molar-refractivity contribution in [3.8, 4) is 28.1 Å². The van der Waals surface area contributed by atoms with E-state index in [4.69, 9.17) is 15.0 Å². The summed E-state index contributed by atoms with van der Waals surface area (Å²) in [5.41, 5.74) is 10.0. The molecule has 21 heavy (non-hydrogen) atoms. The molecule has 0 atom stereocenters. The van der Waals surface area contributed by atoms with Gasteiger partial charge in [0.2, 0.25) is 5.88 Å². The minimum Gasteiger partial charge on any atom is -0.496 e. The zero-order chi connectivity index (χ0) is 14.8. The van der Waals surface area contributed by atoms with E-state index in [9.17, 15) is 0 Å².